The van der Waals surface area contributed by atoms with Crippen LogP contribution in [0.25, 0.3) is 10.9 Å². The van der Waals surface area contributed by atoms with Crippen LogP contribution in [0.3, 0.4) is 0 Å². The smallest absolute Gasteiger partial charge is 0.298 e. The van der Waals surface area contributed by atoms with Gasteiger partial charge < -0.3 is 9.88 Å². The van der Waals surface area contributed by atoms with Crippen LogP contribution in [0.4, 0.5) is 17.6 Å². The molecule has 1 saturated carbocycles. The van der Waals surface area contributed by atoms with Crippen molar-refractivity contribution in [2.45, 2.75) is 44.1 Å². The predicted molar refractivity (Wildman–Crippen MR) is 92.1 cm³/mol. The number of hydrogen-bond donors (Lipinski definition) is 1. The Bertz CT molecular complexity index is 949. The van der Waals surface area contributed by atoms with Crippen molar-refractivity contribution in [3.63, 3.8) is 0 Å². The molecule has 142 valence electrons. The largest absolute Gasteiger partial charge is 0.354 e. The van der Waals surface area contributed by atoms with Crippen LogP contribution in [0.5, 0.6) is 0 Å². The SMILES string of the molecule is C#CC(=O)N1CCc2c([nH]c3c(F)cc(F)cc23)C1C1CCC(F)(F)CC1. The third-order valence-corrected chi connectivity index (χ3v) is 5.79. The number of amides is 1. The zero-order chi connectivity index (χ0) is 19.3. The number of alkyl halides is 2. The third kappa shape index (κ3) is 2.97. The molecule has 27 heavy (non-hydrogen) atoms. The number of H-pyrrole nitrogens is 1. The highest BCUT2D eigenvalue weighted by molar-refractivity contribution is 5.94. The van der Waals surface area contributed by atoms with Gasteiger partial charge in [-0.25, -0.2) is 17.6 Å². The molecule has 3 nitrogen and oxygen atoms in total. The highest BCUT2D eigenvalue weighted by Crippen LogP contribution is 2.47. The lowest BCUT2D eigenvalue weighted by Gasteiger charge is -2.42. The number of halogens is 4. The van der Waals surface area contributed by atoms with Crippen LogP contribution in [-0.4, -0.2) is 28.3 Å². The highest BCUT2D eigenvalue weighted by Gasteiger charge is 2.43. The molecule has 0 spiro atoms. The molecule has 1 unspecified atom stereocenters. The second kappa shape index (κ2) is 6.29. The topological polar surface area (TPSA) is 36.1 Å². The van der Waals surface area contributed by atoms with Gasteiger partial charge in [0.05, 0.1) is 11.6 Å². The number of nitrogens with zero attached hydrogens (tertiary/aromatic N) is 1. The average molecular weight is 378 g/mol. The molecule has 1 atom stereocenters. The molecule has 2 aromatic rings. The molecule has 1 fully saturated rings. The van der Waals surface area contributed by atoms with E-state index in [1.807, 2.05) is 0 Å². The summed E-state index contributed by atoms with van der Waals surface area (Å²) in [6.45, 7) is 0.290. The van der Waals surface area contributed by atoms with E-state index in [0.717, 1.165) is 11.6 Å². The summed E-state index contributed by atoms with van der Waals surface area (Å²) in [5.41, 5.74) is 1.48. The first-order valence-electron chi connectivity index (χ1n) is 8.95. The molecule has 1 aliphatic carbocycles. The Morgan fingerprint density at radius 1 is 1.26 bits per heavy atom. The summed E-state index contributed by atoms with van der Waals surface area (Å²) >= 11 is 0. The summed E-state index contributed by atoms with van der Waals surface area (Å²) in [5, 5.41) is 0.432. The Morgan fingerprint density at radius 3 is 2.63 bits per heavy atom. The van der Waals surface area contributed by atoms with Crippen LogP contribution in [-0.2, 0) is 11.2 Å². The number of carbonyl (C=O) groups excluding carboxylic acids is 1. The molecular weight excluding hydrogens is 360 g/mol. The monoisotopic (exact) mass is 378 g/mol. The molecular formula is C20H18F4N2O. The molecule has 2 aliphatic rings. The minimum atomic E-state index is -2.70. The van der Waals surface area contributed by atoms with Crippen LogP contribution < -0.4 is 0 Å². The number of fused-ring (bicyclic) bond motifs is 3. The number of benzene rings is 1. The zero-order valence-corrected chi connectivity index (χ0v) is 14.5. The highest BCUT2D eigenvalue weighted by atomic mass is 19.3. The maximum absolute atomic E-state index is 14.2. The Hall–Kier alpha value is -2.49. The van der Waals surface area contributed by atoms with Crippen LogP contribution in [0.15, 0.2) is 12.1 Å². The van der Waals surface area contributed by atoms with Crippen LogP contribution in [0.1, 0.15) is 43.0 Å². The minimum absolute atomic E-state index is 0.169. The van der Waals surface area contributed by atoms with Crippen molar-refractivity contribution in [1.29, 1.82) is 0 Å². The van der Waals surface area contributed by atoms with E-state index < -0.39 is 29.5 Å². The molecule has 1 amide bonds. The van der Waals surface area contributed by atoms with Gasteiger partial charge in [0, 0.05) is 36.5 Å². The van der Waals surface area contributed by atoms with E-state index in [1.54, 1.807) is 0 Å². The molecule has 0 radical (unpaired) electrons. The minimum Gasteiger partial charge on any atom is -0.354 e. The molecule has 2 heterocycles. The summed E-state index contributed by atoms with van der Waals surface area (Å²) in [5.74, 6) is -2.75. The van der Waals surface area contributed by atoms with E-state index in [1.165, 1.54) is 11.0 Å². The third-order valence-electron chi connectivity index (χ3n) is 5.79. The van der Waals surface area contributed by atoms with E-state index >= 15 is 0 Å². The van der Waals surface area contributed by atoms with Gasteiger partial charge in [-0.15, -0.1) is 6.42 Å². The first kappa shape index (κ1) is 17.9. The van der Waals surface area contributed by atoms with Crippen molar-refractivity contribution < 1.29 is 22.4 Å². The molecule has 1 aromatic heterocycles. The van der Waals surface area contributed by atoms with Crippen molar-refractivity contribution in [2.24, 2.45) is 5.92 Å². The van der Waals surface area contributed by atoms with Crippen molar-refractivity contribution in [2.75, 3.05) is 6.54 Å². The van der Waals surface area contributed by atoms with E-state index in [9.17, 15) is 22.4 Å². The maximum Gasteiger partial charge on any atom is 0.298 e. The first-order valence-corrected chi connectivity index (χ1v) is 8.95. The lowest BCUT2D eigenvalue weighted by molar-refractivity contribution is -0.130. The number of aromatic amines is 1. The maximum atomic E-state index is 14.2. The second-order valence-corrected chi connectivity index (χ2v) is 7.36. The summed E-state index contributed by atoms with van der Waals surface area (Å²) in [6, 6.07) is 1.52. The summed E-state index contributed by atoms with van der Waals surface area (Å²) in [6.07, 6.45) is 5.64. The fraction of sp³-hybridized carbons (Fsp3) is 0.450. The standard InChI is InChI=1S/C20H18F4N2O/c1-2-16(27)26-8-5-13-14-9-12(21)10-15(22)17(14)25-18(13)19(26)11-3-6-20(23,24)7-4-11/h1,9-11,19,25H,3-8H2. The van der Waals surface area contributed by atoms with Gasteiger partial charge in [-0.05, 0) is 42.7 Å². The Kier molecular flexibility index (Phi) is 4.17. The van der Waals surface area contributed by atoms with E-state index in [4.69, 9.17) is 6.42 Å². The van der Waals surface area contributed by atoms with Crippen molar-refractivity contribution in [3.05, 3.63) is 35.0 Å². The number of hydrogen-bond acceptors (Lipinski definition) is 1. The Balaban J connectivity index is 1.82. The first-order chi connectivity index (χ1) is 12.8. The van der Waals surface area contributed by atoms with Gasteiger partial charge in [0.25, 0.3) is 5.91 Å². The van der Waals surface area contributed by atoms with Crippen LogP contribution in [0, 0.1) is 29.9 Å². The van der Waals surface area contributed by atoms with Gasteiger partial charge in [0.15, 0.2) is 0 Å². The van der Waals surface area contributed by atoms with Crippen molar-refractivity contribution in [1.82, 2.24) is 9.88 Å². The summed E-state index contributed by atoms with van der Waals surface area (Å²) in [7, 11) is 0. The fourth-order valence-electron chi connectivity index (χ4n) is 4.52. The fourth-order valence-corrected chi connectivity index (χ4v) is 4.52. The zero-order valence-electron chi connectivity index (χ0n) is 14.5. The summed E-state index contributed by atoms with van der Waals surface area (Å²) < 4.78 is 55.2. The molecule has 1 N–H and O–H groups in total. The van der Waals surface area contributed by atoms with Crippen LogP contribution in [0.2, 0.25) is 0 Å². The lowest BCUT2D eigenvalue weighted by atomic mass is 9.78. The van der Waals surface area contributed by atoms with Gasteiger partial charge in [-0.3, -0.25) is 4.79 Å². The summed E-state index contributed by atoms with van der Waals surface area (Å²) in [4.78, 5) is 16.8. The number of rotatable bonds is 1. The van der Waals surface area contributed by atoms with Gasteiger partial charge in [-0.2, -0.15) is 0 Å². The average Bonchev–Trinajstić information content (AvgIpc) is 2.99. The molecule has 1 aliphatic heterocycles. The molecule has 7 heteroatoms. The number of terminal acetylenes is 1. The van der Waals surface area contributed by atoms with Gasteiger partial charge in [0.1, 0.15) is 11.6 Å². The number of aromatic nitrogens is 1. The quantitative estimate of drug-likeness (QED) is 0.582. The molecule has 4 rings (SSSR count). The Morgan fingerprint density at radius 2 is 1.96 bits per heavy atom. The molecule has 0 bridgehead atoms. The van der Waals surface area contributed by atoms with Crippen molar-refractivity contribution >= 4 is 16.8 Å². The molecule has 1 aromatic carbocycles. The van der Waals surface area contributed by atoms with Gasteiger partial charge >= 0.3 is 0 Å². The number of nitrogens with one attached hydrogen (secondary N) is 1. The molecule has 0 saturated heterocycles. The Labute approximate surface area is 153 Å². The number of carbonyl (C=O) groups is 1. The van der Waals surface area contributed by atoms with E-state index in [0.29, 0.717) is 24.0 Å². The van der Waals surface area contributed by atoms with Gasteiger partial charge in [0.2, 0.25) is 5.92 Å². The normalized spacial score (nSPS) is 22.5. The van der Waals surface area contributed by atoms with Crippen LogP contribution >= 0.6 is 0 Å². The van der Waals surface area contributed by atoms with Crippen molar-refractivity contribution in [3.8, 4) is 12.3 Å². The van der Waals surface area contributed by atoms with E-state index in [-0.39, 0.29) is 37.1 Å². The predicted octanol–water partition coefficient (Wildman–Crippen LogP) is 4.33. The van der Waals surface area contributed by atoms with Gasteiger partial charge in [-0.1, -0.05) is 0 Å². The second-order valence-electron chi connectivity index (χ2n) is 7.36. The van der Waals surface area contributed by atoms with E-state index in [2.05, 4.69) is 10.9 Å². The lowest BCUT2D eigenvalue weighted by Crippen LogP contribution is -2.44.